The average Bonchev–Trinajstić information content (AvgIpc) is 1.89. The molecule has 0 aliphatic rings. The van der Waals surface area contributed by atoms with Crippen molar-refractivity contribution in [1.29, 1.82) is 0 Å². The summed E-state index contributed by atoms with van der Waals surface area (Å²) in [7, 11) is 0. The van der Waals surface area contributed by atoms with E-state index < -0.39 is 0 Å². The SMILES string of the molecule is CC#CC(=O)NCCCN.Cl. The van der Waals surface area contributed by atoms with E-state index in [2.05, 4.69) is 17.2 Å². The minimum absolute atomic E-state index is 0. The number of halogens is 1. The molecule has 0 fully saturated rings. The van der Waals surface area contributed by atoms with Gasteiger partial charge in [0.05, 0.1) is 0 Å². The van der Waals surface area contributed by atoms with E-state index >= 15 is 0 Å². The lowest BCUT2D eigenvalue weighted by Gasteiger charge is -1.96. The third-order valence-electron chi connectivity index (χ3n) is 0.905. The fourth-order valence-corrected chi connectivity index (χ4v) is 0.462. The van der Waals surface area contributed by atoms with Crippen molar-refractivity contribution in [3.05, 3.63) is 0 Å². The van der Waals surface area contributed by atoms with Gasteiger partial charge in [-0.1, -0.05) is 5.92 Å². The molecule has 0 aromatic rings. The number of rotatable bonds is 3. The Morgan fingerprint density at radius 2 is 2.27 bits per heavy atom. The third kappa shape index (κ3) is 9.28. The Labute approximate surface area is 73.1 Å². The first kappa shape index (κ1) is 12.9. The Morgan fingerprint density at radius 1 is 1.64 bits per heavy atom. The van der Waals surface area contributed by atoms with Gasteiger partial charge in [-0.25, -0.2) is 0 Å². The quantitative estimate of drug-likeness (QED) is 0.466. The van der Waals surface area contributed by atoms with E-state index in [0.717, 1.165) is 6.42 Å². The van der Waals surface area contributed by atoms with Crippen LogP contribution in [-0.2, 0) is 4.79 Å². The van der Waals surface area contributed by atoms with Gasteiger partial charge in [-0.05, 0) is 25.8 Å². The molecule has 3 nitrogen and oxygen atoms in total. The molecule has 4 heteroatoms. The Morgan fingerprint density at radius 3 is 2.73 bits per heavy atom. The molecule has 0 unspecified atom stereocenters. The molecule has 0 aliphatic carbocycles. The molecule has 0 aromatic heterocycles. The molecule has 0 rings (SSSR count). The fourth-order valence-electron chi connectivity index (χ4n) is 0.462. The second-order valence-electron chi connectivity index (χ2n) is 1.77. The summed E-state index contributed by atoms with van der Waals surface area (Å²) < 4.78 is 0. The van der Waals surface area contributed by atoms with Gasteiger partial charge in [0.15, 0.2) is 0 Å². The van der Waals surface area contributed by atoms with Crippen LogP contribution in [0.1, 0.15) is 13.3 Å². The van der Waals surface area contributed by atoms with Crippen molar-refractivity contribution in [2.24, 2.45) is 5.73 Å². The van der Waals surface area contributed by atoms with Crippen molar-refractivity contribution >= 4 is 18.3 Å². The largest absolute Gasteiger partial charge is 0.345 e. The highest BCUT2D eigenvalue weighted by molar-refractivity contribution is 5.93. The van der Waals surface area contributed by atoms with Crippen LogP contribution < -0.4 is 11.1 Å². The molecule has 0 bridgehead atoms. The van der Waals surface area contributed by atoms with Crippen LogP contribution >= 0.6 is 12.4 Å². The van der Waals surface area contributed by atoms with E-state index in [1.165, 1.54) is 0 Å². The highest BCUT2D eigenvalue weighted by Crippen LogP contribution is 1.69. The zero-order valence-corrected chi connectivity index (χ0v) is 7.33. The molecule has 0 aliphatic heterocycles. The van der Waals surface area contributed by atoms with E-state index in [4.69, 9.17) is 5.73 Å². The van der Waals surface area contributed by atoms with Gasteiger partial charge >= 0.3 is 0 Å². The van der Waals surface area contributed by atoms with Crippen molar-refractivity contribution in [3.8, 4) is 11.8 Å². The first-order chi connectivity index (χ1) is 4.81. The first-order valence-electron chi connectivity index (χ1n) is 3.22. The number of carbonyl (C=O) groups is 1. The monoisotopic (exact) mass is 176 g/mol. The summed E-state index contributed by atoms with van der Waals surface area (Å²) in [4.78, 5) is 10.6. The average molecular weight is 177 g/mol. The van der Waals surface area contributed by atoms with Gasteiger partial charge < -0.3 is 11.1 Å². The summed E-state index contributed by atoms with van der Waals surface area (Å²) in [5.74, 6) is 4.64. The second kappa shape index (κ2) is 9.28. The molecule has 0 heterocycles. The van der Waals surface area contributed by atoms with Crippen LogP contribution in [0.4, 0.5) is 0 Å². The minimum atomic E-state index is -0.226. The smallest absolute Gasteiger partial charge is 0.295 e. The zero-order valence-electron chi connectivity index (χ0n) is 6.52. The molecular formula is C7H13ClN2O. The van der Waals surface area contributed by atoms with E-state index in [1.54, 1.807) is 6.92 Å². The molecule has 0 saturated carbocycles. The van der Waals surface area contributed by atoms with Gasteiger partial charge in [0, 0.05) is 6.54 Å². The molecule has 0 atom stereocenters. The number of hydrogen-bond donors (Lipinski definition) is 2. The number of nitrogens with one attached hydrogen (secondary N) is 1. The molecule has 11 heavy (non-hydrogen) atoms. The number of hydrogen-bond acceptors (Lipinski definition) is 2. The van der Waals surface area contributed by atoms with Crippen LogP contribution in [-0.4, -0.2) is 19.0 Å². The maximum absolute atomic E-state index is 10.6. The fraction of sp³-hybridized carbons (Fsp3) is 0.571. The van der Waals surface area contributed by atoms with E-state index in [0.29, 0.717) is 13.1 Å². The Kier molecular flexibility index (Phi) is 10.9. The van der Waals surface area contributed by atoms with Crippen molar-refractivity contribution < 1.29 is 4.79 Å². The van der Waals surface area contributed by atoms with Crippen LogP contribution in [0.15, 0.2) is 0 Å². The Bertz CT molecular complexity index is 160. The van der Waals surface area contributed by atoms with Crippen LogP contribution in [0.2, 0.25) is 0 Å². The predicted molar refractivity (Wildman–Crippen MR) is 47.4 cm³/mol. The summed E-state index contributed by atoms with van der Waals surface area (Å²) in [5.41, 5.74) is 5.20. The topological polar surface area (TPSA) is 55.1 Å². The lowest BCUT2D eigenvalue weighted by molar-refractivity contribution is -0.115. The molecule has 0 radical (unpaired) electrons. The maximum atomic E-state index is 10.6. The summed E-state index contributed by atoms with van der Waals surface area (Å²) in [6, 6.07) is 0. The van der Waals surface area contributed by atoms with Gasteiger partial charge in [0.25, 0.3) is 5.91 Å². The minimum Gasteiger partial charge on any atom is -0.345 e. The lowest BCUT2D eigenvalue weighted by atomic mass is 10.4. The molecule has 3 N–H and O–H groups in total. The van der Waals surface area contributed by atoms with Gasteiger partial charge in [0.1, 0.15) is 0 Å². The van der Waals surface area contributed by atoms with Crippen LogP contribution in [0, 0.1) is 11.8 Å². The predicted octanol–water partition coefficient (Wildman–Crippen LogP) is -0.103. The first-order valence-corrected chi connectivity index (χ1v) is 3.22. The van der Waals surface area contributed by atoms with E-state index in [1.807, 2.05) is 0 Å². The van der Waals surface area contributed by atoms with Gasteiger partial charge in [-0.2, -0.15) is 0 Å². The summed E-state index contributed by atoms with van der Waals surface area (Å²) in [6.07, 6.45) is 0.803. The lowest BCUT2D eigenvalue weighted by Crippen LogP contribution is -2.24. The normalized spacial score (nSPS) is 7.09. The summed E-state index contributed by atoms with van der Waals surface area (Å²) in [6.45, 7) is 2.84. The molecule has 0 spiro atoms. The zero-order chi connectivity index (χ0) is 7.82. The summed E-state index contributed by atoms with van der Waals surface area (Å²) >= 11 is 0. The van der Waals surface area contributed by atoms with Crippen molar-refractivity contribution in [2.45, 2.75) is 13.3 Å². The van der Waals surface area contributed by atoms with Gasteiger partial charge in [-0.15, -0.1) is 12.4 Å². The number of carbonyl (C=O) groups excluding carboxylic acids is 1. The van der Waals surface area contributed by atoms with E-state index in [-0.39, 0.29) is 18.3 Å². The maximum Gasteiger partial charge on any atom is 0.295 e. The second-order valence-corrected chi connectivity index (χ2v) is 1.77. The van der Waals surface area contributed by atoms with Gasteiger partial charge in [-0.3, -0.25) is 4.79 Å². The standard InChI is InChI=1S/C7H12N2O.ClH/c1-2-4-7(10)9-6-3-5-8;/h3,5-6,8H2,1H3,(H,9,10);1H. The summed E-state index contributed by atoms with van der Waals surface area (Å²) in [5, 5.41) is 2.59. The Balaban J connectivity index is 0. The number of amides is 1. The molecular weight excluding hydrogens is 164 g/mol. The van der Waals surface area contributed by atoms with Crippen LogP contribution in [0.3, 0.4) is 0 Å². The van der Waals surface area contributed by atoms with Crippen molar-refractivity contribution in [2.75, 3.05) is 13.1 Å². The molecule has 0 saturated heterocycles. The van der Waals surface area contributed by atoms with Crippen molar-refractivity contribution in [3.63, 3.8) is 0 Å². The molecule has 64 valence electrons. The molecule has 1 amide bonds. The highest BCUT2D eigenvalue weighted by Gasteiger charge is 1.90. The van der Waals surface area contributed by atoms with Gasteiger partial charge in [0.2, 0.25) is 0 Å². The van der Waals surface area contributed by atoms with Crippen LogP contribution in [0.5, 0.6) is 0 Å². The molecule has 0 aromatic carbocycles. The third-order valence-corrected chi connectivity index (χ3v) is 0.905. The number of nitrogens with two attached hydrogens (primary N) is 1. The Hall–Kier alpha value is -0.720. The van der Waals surface area contributed by atoms with Crippen LogP contribution in [0.25, 0.3) is 0 Å². The van der Waals surface area contributed by atoms with E-state index in [9.17, 15) is 4.79 Å². The highest BCUT2D eigenvalue weighted by atomic mass is 35.5. The van der Waals surface area contributed by atoms with Crippen molar-refractivity contribution in [1.82, 2.24) is 5.32 Å².